The first-order valence-corrected chi connectivity index (χ1v) is 15.6. The zero-order valence-corrected chi connectivity index (χ0v) is 27.5. The molecular formula is C37H37Cl2N3O3. The van der Waals surface area contributed by atoms with Crippen LogP contribution in [0.5, 0.6) is 5.75 Å². The van der Waals surface area contributed by atoms with Crippen molar-refractivity contribution in [2.45, 2.75) is 33.6 Å². The van der Waals surface area contributed by atoms with E-state index >= 15 is 0 Å². The SMILES string of the molecule is COC(=O)CNc1ccc(-n2cc(-c3ccc(Cl)cc3Cl)nc2Cc2ccc(-c3ccc(OCCC(C)(C)C)cc3)cc2)cc1. The number of hydrogen-bond acceptors (Lipinski definition) is 5. The van der Waals surface area contributed by atoms with Crippen LogP contribution in [0.15, 0.2) is 97.2 Å². The highest BCUT2D eigenvalue weighted by atomic mass is 35.5. The molecule has 4 aromatic carbocycles. The Balaban J connectivity index is 1.36. The van der Waals surface area contributed by atoms with E-state index in [2.05, 4.69) is 67.1 Å². The molecule has 1 heterocycles. The van der Waals surface area contributed by atoms with E-state index in [1.807, 2.05) is 54.7 Å². The van der Waals surface area contributed by atoms with Crippen LogP contribution in [0.4, 0.5) is 5.69 Å². The van der Waals surface area contributed by atoms with Crippen molar-refractivity contribution in [3.63, 3.8) is 0 Å². The molecule has 5 rings (SSSR count). The fourth-order valence-corrected chi connectivity index (χ4v) is 5.30. The van der Waals surface area contributed by atoms with Gasteiger partial charge in [-0.15, -0.1) is 0 Å². The number of nitrogens with one attached hydrogen (secondary N) is 1. The summed E-state index contributed by atoms with van der Waals surface area (Å²) >= 11 is 12.7. The van der Waals surface area contributed by atoms with Crippen LogP contribution in [0.1, 0.15) is 38.6 Å². The molecule has 6 nitrogen and oxygen atoms in total. The van der Waals surface area contributed by atoms with Crippen molar-refractivity contribution in [3.05, 3.63) is 119 Å². The van der Waals surface area contributed by atoms with Crippen LogP contribution in [-0.4, -0.2) is 35.8 Å². The molecule has 5 aromatic rings. The molecule has 8 heteroatoms. The highest BCUT2D eigenvalue weighted by Gasteiger charge is 2.15. The van der Waals surface area contributed by atoms with Crippen LogP contribution in [0.25, 0.3) is 28.1 Å². The van der Waals surface area contributed by atoms with E-state index < -0.39 is 0 Å². The molecule has 1 N–H and O–H groups in total. The van der Waals surface area contributed by atoms with E-state index in [1.165, 1.54) is 7.11 Å². The van der Waals surface area contributed by atoms with Crippen molar-refractivity contribution >= 4 is 34.9 Å². The van der Waals surface area contributed by atoms with Gasteiger partial charge < -0.3 is 19.4 Å². The monoisotopic (exact) mass is 641 g/mol. The first-order valence-electron chi connectivity index (χ1n) is 14.8. The molecule has 0 amide bonds. The lowest BCUT2D eigenvalue weighted by atomic mass is 9.93. The van der Waals surface area contributed by atoms with Gasteiger partial charge in [0.15, 0.2) is 0 Å². The van der Waals surface area contributed by atoms with Crippen molar-refractivity contribution in [2.75, 3.05) is 25.6 Å². The topological polar surface area (TPSA) is 65.4 Å². The molecule has 0 aliphatic heterocycles. The van der Waals surface area contributed by atoms with Gasteiger partial charge in [-0.2, -0.15) is 0 Å². The van der Waals surface area contributed by atoms with Gasteiger partial charge in [0.05, 0.1) is 24.4 Å². The van der Waals surface area contributed by atoms with Gasteiger partial charge in [-0.1, -0.05) is 80.4 Å². The smallest absolute Gasteiger partial charge is 0.325 e. The number of benzene rings is 4. The minimum absolute atomic E-state index is 0.0940. The van der Waals surface area contributed by atoms with Crippen LogP contribution in [0.3, 0.4) is 0 Å². The summed E-state index contributed by atoms with van der Waals surface area (Å²) in [7, 11) is 1.37. The van der Waals surface area contributed by atoms with Crippen LogP contribution in [0, 0.1) is 5.41 Å². The van der Waals surface area contributed by atoms with Gasteiger partial charge in [-0.3, -0.25) is 4.79 Å². The van der Waals surface area contributed by atoms with Gasteiger partial charge in [0.25, 0.3) is 0 Å². The average Bonchev–Trinajstić information content (AvgIpc) is 3.43. The van der Waals surface area contributed by atoms with Crippen molar-refractivity contribution in [2.24, 2.45) is 5.41 Å². The summed E-state index contributed by atoms with van der Waals surface area (Å²) in [4.78, 5) is 16.5. The number of imidazole rings is 1. The molecule has 0 radical (unpaired) electrons. The summed E-state index contributed by atoms with van der Waals surface area (Å²) in [6, 6.07) is 30.0. The number of aromatic nitrogens is 2. The standard InChI is InChI=1S/C37H37Cl2N3O3/c1-37(2,3)19-20-45-31-16-9-27(10-17-31)26-7-5-25(6-8-26)21-35-41-34(32-18-11-28(38)22-33(32)39)24-42(35)30-14-12-29(13-15-30)40-23-36(43)44-4/h5-18,22,24,40H,19-21,23H2,1-4H3. The predicted octanol–water partition coefficient (Wildman–Crippen LogP) is 9.50. The lowest BCUT2D eigenvalue weighted by molar-refractivity contribution is -0.138. The lowest BCUT2D eigenvalue weighted by Gasteiger charge is -2.18. The first-order chi connectivity index (χ1) is 21.6. The second-order valence-corrected chi connectivity index (χ2v) is 12.9. The normalized spacial score (nSPS) is 11.3. The van der Waals surface area contributed by atoms with Crippen LogP contribution in [0.2, 0.25) is 10.0 Å². The molecular weight excluding hydrogens is 605 g/mol. The van der Waals surface area contributed by atoms with E-state index in [1.54, 1.807) is 6.07 Å². The van der Waals surface area contributed by atoms with Crippen molar-refractivity contribution < 1.29 is 14.3 Å². The summed E-state index contributed by atoms with van der Waals surface area (Å²) in [6.45, 7) is 7.45. The number of esters is 1. The molecule has 0 spiro atoms. The fourth-order valence-electron chi connectivity index (χ4n) is 4.80. The van der Waals surface area contributed by atoms with Crippen molar-refractivity contribution in [1.29, 1.82) is 0 Å². The van der Waals surface area contributed by atoms with Crippen molar-refractivity contribution in [3.8, 4) is 33.8 Å². The second-order valence-electron chi connectivity index (χ2n) is 12.1. The molecule has 0 bridgehead atoms. The van der Waals surface area contributed by atoms with E-state index in [4.69, 9.17) is 37.7 Å². The third-order valence-corrected chi connectivity index (χ3v) is 7.97. The molecule has 0 atom stereocenters. The molecule has 0 fully saturated rings. The van der Waals surface area contributed by atoms with Gasteiger partial charge in [0.2, 0.25) is 0 Å². The van der Waals surface area contributed by atoms with E-state index in [0.29, 0.717) is 23.1 Å². The maximum absolute atomic E-state index is 11.5. The molecule has 0 aliphatic rings. The summed E-state index contributed by atoms with van der Waals surface area (Å²) in [5.74, 6) is 1.41. The van der Waals surface area contributed by atoms with E-state index in [9.17, 15) is 4.79 Å². The molecule has 0 saturated heterocycles. The Morgan fingerprint density at radius 3 is 2.18 bits per heavy atom. The Hall–Kier alpha value is -4.26. The summed E-state index contributed by atoms with van der Waals surface area (Å²) in [6.07, 6.45) is 3.59. The number of nitrogens with zero attached hydrogens (tertiary/aromatic N) is 2. The quantitative estimate of drug-likeness (QED) is 0.145. The number of halogens is 2. The largest absolute Gasteiger partial charge is 0.494 e. The highest BCUT2D eigenvalue weighted by Crippen LogP contribution is 2.32. The van der Waals surface area contributed by atoms with Gasteiger partial charge in [-0.05, 0) is 83.1 Å². The summed E-state index contributed by atoms with van der Waals surface area (Å²) in [5, 5.41) is 4.18. The predicted molar refractivity (Wildman–Crippen MR) is 184 cm³/mol. The molecule has 45 heavy (non-hydrogen) atoms. The molecule has 1 aromatic heterocycles. The molecule has 0 saturated carbocycles. The summed E-state index contributed by atoms with van der Waals surface area (Å²) in [5.41, 5.74) is 6.93. The minimum atomic E-state index is -0.330. The number of anilines is 1. The van der Waals surface area contributed by atoms with Crippen LogP contribution in [-0.2, 0) is 16.0 Å². The fraction of sp³-hybridized carbons (Fsp3) is 0.243. The third-order valence-electron chi connectivity index (χ3n) is 7.42. The number of hydrogen-bond donors (Lipinski definition) is 1. The Kier molecular flexibility index (Phi) is 10.2. The molecule has 0 unspecified atom stereocenters. The highest BCUT2D eigenvalue weighted by molar-refractivity contribution is 6.36. The Morgan fingerprint density at radius 2 is 1.56 bits per heavy atom. The second kappa shape index (κ2) is 14.2. The number of ether oxygens (including phenoxy) is 2. The lowest BCUT2D eigenvalue weighted by Crippen LogP contribution is -2.14. The number of carbonyl (C=O) groups excluding carboxylic acids is 1. The Labute approximate surface area is 274 Å². The first kappa shape index (κ1) is 32.1. The zero-order valence-electron chi connectivity index (χ0n) is 25.9. The Morgan fingerprint density at radius 1 is 0.889 bits per heavy atom. The minimum Gasteiger partial charge on any atom is -0.494 e. The Bertz CT molecular complexity index is 1740. The van der Waals surface area contributed by atoms with E-state index in [-0.39, 0.29) is 17.9 Å². The molecule has 0 aliphatic carbocycles. The van der Waals surface area contributed by atoms with Crippen molar-refractivity contribution in [1.82, 2.24) is 9.55 Å². The third kappa shape index (κ3) is 8.68. The number of rotatable bonds is 11. The zero-order chi connectivity index (χ0) is 32.0. The average molecular weight is 643 g/mol. The number of methoxy groups -OCH3 is 1. The van der Waals surface area contributed by atoms with Gasteiger partial charge >= 0.3 is 5.97 Å². The van der Waals surface area contributed by atoms with Crippen LogP contribution < -0.4 is 10.1 Å². The van der Waals surface area contributed by atoms with Gasteiger partial charge in [0, 0.05) is 34.6 Å². The maximum Gasteiger partial charge on any atom is 0.325 e. The molecule has 232 valence electrons. The maximum atomic E-state index is 11.5. The van der Waals surface area contributed by atoms with E-state index in [0.717, 1.165) is 57.3 Å². The summed E-state index contributed by atoms with van der Waals surface area (Å²) < 4.78 is 12.7. The van der Waals surface area contributed by atoms with Gasteiger partial charge in [-0.25, -0.2) is 4.98 Å². The number of carbonyl (C=O) groups is 1. The van der Waals surface area contributed by atoms with Gasteiger partial charge in [0.1, 0.15) is 18.1 Å². The van der Waals surface area contributed by atoms with Crippen LogP contribution >= 0.6 is 23.2 Å².